The van der Waals surface area contributed by atoms with Crippen molar-refractivity contribution >= 4 is 16.9 Å². The Kier molecular flexibility index (Phi) is 2.83. The van der Waals surface area contributed by atoms with E-state index in [2.05, 4.69) is 20.3 Å². The number of hydrogen-bond donors (Lipinski definition) is 1. The van der Waals surface area contributed by atoms with E-state index in [1.807, 2.05) is 12.1 Å². The van der Waals surface area contributed by atoms with Crippen molar-refractivity contribution in [2.24, 2.45) is 0 Å². The third kappa shape index (κ3) is 2.19. The number of ether oxygens (including phenoxy) is 1. The standard InChI is InChI=1S/C12H14N4O/c1-4-10-11(13-5-1)15-8-16-12(10)14-7-9-3-2-6-17-9/h1,4-5,8-9H,2-3,6-7H2,(H,13,14,15,16)/t9-/m0/s1. The second kappa shape index (κ2) is 4.63. The van der Waals surface area contributed by atoms with Gasteiger partial charge in [0.2, 0.25) is 0 Å². The Morgan fingerprint density at radius 2 is 2.35 bits per heavy atom. The molecular formula is C12H14N4O. The summed E-state index contributed by atoms with van der Waals surface area (Å²) in [4.78, 5) is 12.6. The zero-order chi connectivity index (χ0) is 11.5. The van der Waals surface area contributed by atoms with Crippen LogP contribution >= 0.6 is 0 Å². The van der Waals surface area contributed by atoms with E-state index in [1.165, 1.54) is 6.33 Å². The smallest absolute Gasteiger partial charge is 0.164 e. The van der Waals surface area contributed by atoms with Gasteiger partial charge in [-0.3, -0.25) is 0 Å². The predicted octanol–water partition coefficient (Wildman–Crippen LogP) is 1.62. The van der Waals surface area contributed by atoms with Crippen LogP contribution in [0.5, 0.6) is 0 Å². The highest BCUT2D eigenvalue weighted by Crippen LogP contribution is 2.18. The summed E-state index contributed by atoms with van der Waals surface area (Å²) in [5.41, 5.74) is 0.720. The average molecular weight is 230 g/mol. The van der Waals surface area contributed by atoms with Crippen LogP contribution in [0, 0.1) is 0 Å². The minimum Gasteiger partial charge on any atom is -0.376 e. The van der Waals surface area contributed by atoms with Gasteiger partial charge in [-0.1, -0.05) is 0 Å². The van der Waals surface area contributed by atoms with Crippen molar-refractivity contribution in [2.45, 2.75) is 18.9 Å². The lowest BCUT2D eigenvalue weighted by Crippen LogP contribution is -2.19. The second-order valence-electron chi connectivity index (χ2n) is 4.11. The molecule has 1 aliphatic rings. The minimum absolute atomic E-state index is 0.302. The first-order valence-electron chi connectivity index (χ1n) is 5.85. The van der Waals surface area contributed by atoms with Crippen LogP contribution in [0.1, 0.15) is 12.8 Å². The van der Waals surface area contributed by atoms with Gasteiger partial charge in [0.05, 0.1) is 11.5 Å². The molecule has 1 fully saturated rings. The van der Waals surface area contributed by atoms with Gasteiger partial charge < -0.3 is 10.1 Å². The van der Waals surface area contributed by atoms with E-state index in [-0.39, 0.29) is 0 Å². The van der Waals surface area contributed by atoms with Gasteiger partial charge in [-0.25, -0.2) is 15.0 Å². The van der Waals surface area contributed by atoms with E-state index in [9.17, 15) is 0 Å². The van der Waals surface area contributed by atoms with Crippen LogP contribution in [0.2, 0.25) is 0 Å². The summed E-state index contributed by atoms with van der Waals surface area (Å²) < 4.78 is 5.57. The number of pyridine rings is 1. The fourth-order valence-electron chi connectivity index (χ4n) is 2.05. The topological polar surface area (TPSA) is 59.9 Å². The molecule has 0 bridgehead atoms. The Morgan fingerprint density at radius 3 is 3.24 bits per heavy atom. The molecule has 3 rings (SSSR count). The molecule has 0 radical (unpaired) electrons. The van der Waals surface area contributed by atoms with Gasteiger partial charge in [0, 0.05) is 19.3 Å². The number of rotatable bonds is 3. The molecule has 1 aliphatic heterocycles. The molecule has 0 spiro atoms. The first-order valence-corrected chi connectivity index (χ1v) is 5.85. The molecule has 5 heteroatoms. The first kappa shape index (κ1) is 10.4. The number of fused-ring (bicyclic) bond motifs is 1. The van der Waals surface area contributed by atoms with Crippen molar-refractivity contribution in [1.29, 1.82) is 0 Å². The highest BCUT2D eigenvalue weighted by molar-refractivity contribution is 5.85. The maximum atomic E-state index is 5.57. The number of nitrogens with one attached hydrogen (secondary N) is 1. The highest BCUT2D eigenvalue weighted by Gasteiger charge is 2.15. The van der Waals surface area contributed by atoms with E-state index < -0.39 is 0 Å². The van der Waals surface area contributed by atoms with Gasteiger partial charge in [-0.2, -0.15) is 0 Å². The lowest BCUT2D eigenvalue weighted by atomic mass is 10.2. The van der Waals surface area contributed by atoms with Gasteiger partial charge >= 0.3 is 0 Å². The SMILES string of the molecule is c1cnc2ncnc(NC[C@@H]3CCCO3)c2c1. The quantitative estimate of drug-likeness (QED) is 0.868. The molecule has 1 N–H and O–H groups in total. The number of anilines is 1. The number of nitrogens with zero attached hydrogens (tertiary/aromatic N) is 3. The molecule has 1 saturated heterocycles. The highest BCUT2D eigenvalue weighted by atomic mass is 16.5. The Labute approximate surface area is 99.3 Å². The van der Waals surface area contributed by atoms with Gasteiger partial charge in [-0.15, -0.1) is 0 Å². The van der Waals surface area contributed by atoms with Crippen LogP contribution in [0.25, 0.3) is 11.0 Å². The Morgan fingerprint density at radius 1 is 1.35 bits per heavy atom. The lowest BCUT2D eigenvalue weighted by molar-refractivity contribution is 0.120. The van der Waals surface area contributed by atoms with Crippen LogP contribution < -0.4 is 5.32 Å². The van der Waals surface area contributed by atoms with Crippen LogP contribution in [0.15, 0.2) is 24.7 Å². The minimum atomic E-state index is 0.302. The zero-order valence-electron chi connectivity index (χ0n) is 9.47. The summed E-state index contributed by atoms with van der Waals surface area (Å²) >= 11 is 0. The van der Waals surface area contributed by atoms with E-state index >= 15 is 0 Å². The molecule has 0 amide bonds. The van der Waals surface area contributed by atoms with Gasteiger partial charge in [0.15, 0.2) is 5.65 Å². The molecular weight excluding hydrogens is 216 g/mol. The number of hydrogen-bond acceptors (Lipinski definition) is 5. The van der Waals surface area contributed by atoms with Crippen LogP contribution in [-0.4, -0.2) is 34.2 Å². The van der Waals surface area contributed by atoms with E-state index in [0.717, 1.165) is 42.8 Å². The Hall–Kier alpha value is -1.75. The molecule has 88 valence electrons. The zero-order valence-corrected chi connectivity index (χ0v) is 9.47. The molecule has 5 nitrogen and oxygen atoms in total. The average Bonchev–Trinajstić information content (AvgIpc) is 2.89. The first-order chi connectivity index (χ1) is 8.43. The summed E-state index contributed by atoms with van der Waals surface area (Å²) in [6.07, 6.45) is 5.84. The maximum Gasteiger partial charge on any atom is 0.164 e. The number of aromatic nitrogens is 3. The third-order valence-corrected chi connectivity index (χ3v) is 2.93. The van der Waals surface area contributed by atoms with Crippen molar-refractivity contribution in [2.75, 3.05) is 18.5 Å². The molecule has 0 unspecified atom stereocenters. The van der Waals surface area contributed by atoms with Crippen molar-refractivity contribution in [3.63, 3.8) is 0 Å². The van der Waals surface area contributed by atoms with E-state index in [1.54, 1.807) is 6.20 Å². The van der Waals surface area contributed by atoms with Crippen LogP contribution in [-0.2, 0) is 4.74 Å². The Bertz CT molecular complexity index is 505. The van der Waals surface area contributed by atoms with Crippen molar-refractivity contribution < 1.29 is 4.74 Å². The van der Waals surface area contributed by atoms with Gasteiger partial charge in [0.25, 0.3) is 0 Å². The molecule has 2 aromatic heterocycles. The summed E-state index contributed by atoms with van der Waals surface area (Å²) in [6.45, 7) is 1.67. The maximum absolute atomic E-state index is 5.57. The normalized spacial score (nSPS) is 19.6. The van der Waals surface area contributed by atoms with Crippen LogP contribution in [0.4, 0.5) is 5.82 Å². The monoisotopic (exact) mass is 230 g/mol. The fourth-order valence-corrected chi connectivity index (χ4v) is 2.05. The van der Waals surface area contributed by atoms with Gasteiger partial charge in [-0.05, 0) is 25.0 Å². The summed E-state index contributed by atoms with van der Waals surface area (Å²) in [5.74, 6) is 0.832. The predicted molar refractivity (Wildman–Crippen MR) is 64.8 cm³/mol. The summed E-state index contributed by atoms with van der Waals surface area (Å²) in [6, 6.07) is 3.86. The van der Waals surface area contributed by atoms with Gasteiger partial charge in [0.1, 0.15) is 12.1 Å². The molecule has 0 aliphatic carbocycles. The van der Waals surface area contributed by atoms with Crippen LogP contribution in [0.3, 0.4) is 0 Å². The molecule has 1 atom stereocenters. The van der Waals surface area contributed by atoms with Crippen molar-refractivity contribution in [3.05, 3.63) is 24.7 Å². The largest absolute Gasteiger partial charge is 0.376 e. The van der Waals surface area contributed by atoms with E-state index in [0.29, 0.717) is 6.10 Å². The lowest BCUT2D eigenvalue weighted by Gasteiger charge is -2.12. The molecule has 2 aromatic rings. The van der Waals surface area contributed by atoms with Crippen molar-refractivity contribution in [3.8, 4) is 0 Å². The summed E-state index contributed by atoms with van der Waals surface area (Å²) in [7, 11) is 0. The molecule has 3 heterocycles. The van der Waals surface area contributed by atoms with Crippen molar-refractivity contribution in [1.82, 2.24) is 15.0 Å². The second-order valence-corrected chi connectivity index (χ2v) is 4.11. The summed E-state index contributed by atoms with van der Waals surface area (Å²) in [5, 5.41) is 4.27. The third-order valence-electron chi connectivity index (χ3n) is 2.93. The fraction of sp³-hybridized carbons (Fsp3) is 0.417. The molecule has 0 aromatic carbocycles. The Balaban J connectivity index is 1.79. The molecule has 17 heavy (non-hydrogen) atoms. The van der Waals surface area contributed by atoms with E-state index in [4.69, 9.17) is 4.74 Å². The molecule has 0 saturated carbocycles.